The summed E-state index contributed by atoms with van der Waals surface area (Å²) in [6.45, 7) is 2.41. The molecule has 0 unspecified atom stereocenters. The van der Waals surface area contributed by atoms with Crippen LogP contribution in [-0.4, -0.2) is 46.6 Å². The molecule has 2 aromatic heterocycles. The summed E-state index contributed by atoms with van der Waals surface area (Å²) in [5, 5.41) is 7.30. The molecule has 1 fully saturated rings. The summed E-state index contributed by atoms with van der Waals surface area (Å²) in [6.07, 6.45) is 4.26. The number of benzene rings is 2. The lowest BCUT2D eigenvalue weighted by atomic mass is 9.88. The number of pyridine rings is 1. The maximum atomic E-state index is 13.7. The number of urea groups is 1. The molecule has 2 aromatic carbocycles. The number of halogens is 2. The number of piperidine rings is 1. The van der Waals surface area contributed by atoms with E-state index in [0.29, 0.717) is 26.9 Å². The number of carbonyl (C=O) groups excluding carboxylic acids is 1. The van der Waals surface area contributed by atoms with Crippen molar-refractivity contribution in [1.82, 2.24) is 20.2 Å². The Morgan fingerprint density at radius 3 is 2.26 bits per heavy atom. The second kappa shape index (κ2) is 12.7. The molecule has 196 valence electrons. The lowest BCUT2D eigenvalue weighted by molar-refractivity contribution is 0.169. The Morgan fingerprint density at radius 1 is 1.00 bits per heavy atom. The van der Waals surface area contributed by atoms with Gasteiger partial charge in [0, 0.05) is 30.3 Å². The van der Waals surface area contributed by atoms with E-state index >= 15 is 0 Å². The van der Waals surface area contributed by atoms with E-state index in [2.05, 4.69) is 69.1 Å². The highest BCUT2D eigenvalue weighted by molar-refractivity contribution is 7.20. The molecular formula is C29H29Cl2N5OS. The van der Waals surface area contributed by atoms with Crippen LogP contribution in [0.4, 0.5) is 9.93 Å². The molecule has 0 saturated carbocycles. The summed E-state index contributed by atoms with van der Waals surface area (Å²) in [5.74, 6) is 0.188. The van der Waals surface area contributed by atoms with Gasteiger partial charge < -0.3 is 10.2 Å². The normalized spacial score (nSPS) is 14.0. The summed E-state index contributed by atoms with van der Waals surface area (Å²) >= 11 is 13.7. The maximum absolute atomic E-state index is 13.7. The summed E-state index contributed by atoms with van der Waals surface area (Å²) in [6, 6.07) is 24.5. The van der Waals surface area contributed by atoms with Crippen molar-refractivity contribution in [2.24, 2.45) is 0 Å². The number of amides is 2. The Hall–Kier alpha value is -2.97. The van der Waals surface area contributed by atoms with Gasteiger partial charge in [0.15, 0.2) is 5.13 Å². The van der Waals surface area contributed by atoms with E-state index in [1.807, 2.05) is 23.1 Å². The van der Waals surface area contributed by atoms with Crippen molar-refractivity contribution in [3.63, 3.8) is 0 Å². The van der Waals surface area contributed by atoms with Crippen molar-refractivity contribution in [2.75, 3.05) is 25.0 Å². The first-order chi connectivity index (χ1) is 18.6. The van der Waals surface area contributed by atoms with Crippen molar-refractivity contribution in [3.8, 4) is 11.3 Å². The van der Waals surface area contributed by atoms with Crippen molar-refractivity contribution >= 4 is 45.7 Å². The molecule has 4 aromatic rings. The van der Waals surface area contributed by atoms with Gasteiger partial charge in [-0.3, -0.25) is 5.32 Å². The molecule has 2 N–H and O–H groups in total. The van der Waals surface area contributed by atoms with Gasteiger partial charge in [0.05, 0.1) is 0 Å². The molecule has 0 bridgehead atoms. The molecule has 0 radical (unpaired) electrons. The van der Waals surface area contributed by atoms with Crippen LogP contribution < -0.4 is 10.6 Å². The number of nitrogens with one attached hydrogen (secondary N) is 2. The lowest BCUT2D eigenvalue weighted by Crippen LogP contribution is -2.48. The zero-order chi connectivity index (χ0) is 26.3. The van der Waals surface area contributed by atoms with Crippen LogP contribution in [0.5, 0.6) is 0 Å². The average molecular weight is 567 g/mol. The fraction of sp³-hybridized carbons (Fsp3) is 0.276. The van der Waals surface area contributed by atoms with Crippen LogP contribution in [0.1, 0.15) is 36.3 Å². The molecule has 38 heavy (non-hydrogen) atoms. The number of carbonyl (C=O) groups is 1. The van der Waals surface area contributed by atoms with Crippen molar-refractivity contribution in [1.29, 1.82) is 0 Å². The van der Waals surface area contributed by atoms with E-state index in [0.717, 1.165) is 37.9 Å². The van der Waals surface area contributed by atoms with Crippen molar-refractivity contribution in [2.45, 2.75) is 31.2 Å². The first kappa shape index (κ1) is 26.6. The Balaban J connectivity index is 1.36. The first-order valence-electron chi connectivity index (χ1n) is 12.7. The van der Waals surface area contributed by atoms with E-state index in [4.69, 9.17) is 23.2 Å². The van der Waals surface area contributed by atoms with Crippen molar-refractivity contribution < 1.29 is 4.79 Å². The molecule has 5 rings (SSSR count). The number of hydrogen-bond acceptors (Lipinski definition) is 5. The Labute approximate surface area is 237 Å². The number of rotatable bonds is 8. The van der Waals surface area contributed by atoms with Crippen LogP contribution in [0.25, 0.3) is 11.3 Å². The third-order valence-electron chi connectivity index (χ3n) is 6.87. The minimum absolute atomic E-state index is 0.150. The van der Waals surface area contributed by atoms with Gasteiger partial charge in [0.25, 0.3) is 0 Å². The molecule has 0 aliphatic carbocycles. The second-order valence-electron chi connectivity index (χ2n) is 9.28. The number of thiazole rings is 1. The fourth-order valence-corrected chi connectivity index (χ4v) is 6.13. The number of hydrogen-bond donors (Lipinski definition) is 2. The minimum atomic E-state index is -0.150. The van der Waals surface area contributed by atoms with E-state index in [1.165, 1.54) is 22.5 Å². The standard InChI is InChI=1S/C29H29Cl2N5OS/c30-25-12-11-22(19-33-25)26-27(31)38-28(34-26)35-29(37)36(23-13-16-32-17-14-23)18-15-24(20-7-3-1-4-8-20)21-9-5-2-6-10-21/h1-12,19,23-24,32H,13-18H2,(H,34,35,37). The molecule has 1 aliphatic rings. The molecule has 0 atom stereocenters. The average Bonchev–Trinajstić information content (AvgIpc) is 3.32. The molecule has 9 heteroatoms. The zero-order valence-electron chi connectivity index (χ0n) is 20.8. The smallest absolute Gasteiger partial charge is 0.321 e. The summed E-state index contributed by atoms with van der Waals surface area (Å²) in [4.78, 5) is 24.4. The highest BCUT2D eigenvalue weighted by atomic mass is 35.5. The molecule has 2 amide bonds. The zero-order valence-corrected chi connectivity index (χ0v) is 23.1. The van der Waals surface area contributed by atoms with Gasteiger partial charge in [-0.1, -0.05) is 95.2 Å². The van der Waals surface area contributed by atoms with Crippen LogP contribution in [0, 0.1) is 0 Å². The van der Waals surface area contributed by atoms with Crippen molar-refractivity contribution in [3.05, 3.63) is 99.6 Å². The molecule has 6 nitrogen and oxygen atoms in total. The van der Waals surface area contributed by atoms with E-state index in [1.54, 1.807) is 12.3 Å². The topological polar surface area (TPSA) is 70.2 Å². The molecule has 1 aliphatic heterocycles. The Bertz CT molecular complexity index is 1290. The van der Waals surface area contributed by atoms with Gasteiger partial charge in [-0.15, -0.1) is 0 Å². The summed E-state index contributed by atoms with van der Waals surface area (Å²) in [5.41, 5.74) is 3.83. The maximum Gasteiger partial charge on any atom is 0.323 e. The first-order valence-corrected chi connectivity index (χ1v) is 14.3. The second-order valence-corrected chi connectivity index (χ2v) is 11.3. The van der Waals surface area contributed by atoms with Crippen LogP contribution in [-0.2, 0) is 0 Å². The van der Waals surface area contributed by atoms with Gasteiger partial charge in [-0.05, 0) is 55.6 Å². The van der Waals surface area contributed by atoms with Gasteiger partial charge in [0.2, 0.25) is 0 Å². The number of aromatic nitrogens is 2. The van der Waals surface area contributed by atoms with Gasteiger partial charge in [-0.2, -0.15) is 0 Å². The molecular weight excluding hydrogens is 537 g/mol. The number of nitrogens with zero attached hydrogens (tertiary/aromatic N) is 3. The van der Waals surface area contributed by atoms with Gasteiger partial charge >= 0.3 is 6.03 Å². The molecule has 1 saturated heterocycles. The van der Waals surface area contributed by atoms with Crippen LogP contribution >= 0.6 is 34.5 Å². The van der Waals surface area contributed by atoms with E-state index in [-0.39, 0.29) is 18.0 Å². The van der Waals surface area contributed by atoms with Crippen LogP contribution in [0.15, 0.2) is 79.0 Å². The minimum Gasteiger partial charge on any atom is -0.321 e. The predicted molar refractivity (Wildman–Crippen MR) is 156 cm³/mol. The largest absolute Gasteiger partial charge is 0.323 e. The monoisotopic (exact) mass is 565 g/mol. The quantitative estimate of drug-likeness (QED) is 0.219. The van der Waals surface area contributed by atoms with Gasteiger partial charge in [0.1, 0.15) is 15.2 Å². The van der Waals surface area contributed by atoms with Gasteiger partial charge in [-0.25, -0.2) is 14.8 Å². The molecule has 3 heterocycles. The van der Waals surface area contributed by atoms with Crippen LogP contribution in [0.2, 0.25) is 9.49 Å². The number of anilines is 1. The SMILES string of the molecule is O=C(Nc1nc(-c2ccc(Cl)nc2)c(Cl)s1)N(CCC(c1ccccc1)c1ccccc1)C1CCNCC1. The molecule has 0 spiro atoms. The third-order valence-corrected chi connectivity index (χ3v) is 8.27. The predicted octanol–water partition coefficient (Wildman–Crippen LogP) is 7.32. The highest BCUT2D eigenvalue weighted by Crippen LogP contribution is 2.36. The highest BCUT2D eigenvalue weighted by Gasteiger charge is 2.28. The van der Waals surface area contributed by atoms with E-state index in [9.17, 15) is 4.79 Å². The Kier molecular flexibility index (Phi) is 8.91. The summed E-state index contributed by atoms with van der Waals surface area (Å²) in [7, 11) is 0. The Morgan fingerprint density at radius 2 is 1.66 bits per heavy atom. The third kappa shape index (κ3) is 6.53. The van der Waals surface area contributed by atoms with E-state index < -0.39 is 0 Å². The van der Waals surface area contributed by atoms with Crippen LogP contribution in [0.3, 0.4) is 0 Å². The fourth-order valence-electron chi connectivity index (χ4n) is 4.95. The lowest BCUT2D eigenvalue weighted by Gasteiger charge is -2.35. The summed E-state index contributed by atoms with van der Waals surface area (Å²) < 4.78 is 0.492.